The molecule has 3 heterocycles. The molecule has 30 heavy (non-hydrogen) atoms. The average Bonchev–Trinajstić information content (AvgIpc) is 3.05. The van der Waals surface area contributed by atoms with E-state index in [1.165, 1.54) is 6.07 Å². The highest BCUT2D eigenvalue weighted by Crippen LogP contribution is 2.47. The van der Waals surface area contributed by atoms with Gasteiger partial charge in [-0.3, -0.25) is 14.5 Å². The van der Waals surface area contributed by atoms with Crippen molar-refractivity contribution in [1.29, 1.82) is 0 Å². The second kappa shape index (κ2) is 8.12. The van der Waals surface area contributed by atoms with Crippen LogP contribution in [0.5, 0.6) is 0 Å². The van der Waals surface area contributed by atoms with Gasteiger partial charge >= 0.3 is 0 Å². The third-order valence-electron chi connectivity index (χ3n) is 6.82. The Morgan fingerprint density at radius 3 is 2.60 bits per heavy atom. The predicted octanol–water partition coefficient (Wildman–Crippen LogP) is 2.45. The van der Waals surface area contributed by atoms with Crippen molar-refractivity contribution in [3.05, 3.63) is 47.0 Å². The molecule has 1 saturated heterocycles. The topological polar surface area (TPSA) is 59.1 Å². The Morgan fingerprint density at radius 1 is 1.03 bits per heavy atom. The van der Waals surface area contributed by atoms with Crippen LogP contribution in [0.15, 0.2) is 35.6 Å². The van der Waals surface area contributed by atoms with Crippen molar-refractivity contribution < 1.29 is 23.5 Å². The van der Waals surface area contributed by atoms with Gasteiger partial charge in [0.1, 0.15) is 11.9 Å². The van der Waals surface area contributed by atoms with Crippen LogP contribution < -0.4 is 0 Å². The van der Waals surface area contributed by atoms with E-state index in [1.54, 1.807) is 23.1 Å². The van der Waals surface area contributed by atoms with Crippen LogP contribution in [-0.4, -0.2) is 67.0 Å². The molecule has 3 unspecified atom stereocenters. The lowest BCUT2D eigenvalue weighted by Crippen LogP contribution is -2.43. The molecule has 2 fully saturated rings. The molecule has 1 saturated carbocycles. The van der Waals surface area contributed by atoms with Gasteiger partial charge < -0.3 is 14.4 Å². The van der Waals surface area contributed by atoms with E-state index in [2.05, 4.69) is 4.90 Å². The first kappa shape index (κ1) is 19.7. The van der Waals surface area contributed by atoms with Crippen LogP contribution >= 0.6 is 0 Å². The van der Waals surface area contributed by atoms with Gasteiger partial charge in [-0.2, -0.15) is 0 Å². The number of fused-ring (bicyclic) bond motifs is 1. The Bertz CT molecular complexity index is 880. The van der Waals surface area contributed by atoms with Crippen molar-refractivity contribution in [3.8, 4) is 0 Å². The van der Waals surface area contributed by atoms with E-state index in [0.717, 1.165) is 38.8 Å². The first-order valence-corrected chi connectivity index (χ1v) is 11.0. The minimum Gasteiger partial charge on any atom is -0.483 e. The summed E-state index contributed by atoms with van der Waals surface area (Å²) >= 11 is 0. The molecular weight excluding hydrogens is 387 g/mol. The van der Waals surface area contributed by atoms with E-state index in [9.17, 15) is 14.0 Å². The number of carbonyl (C=O) groups is 2. The third-order valence-corrected chi connectivity index (χ3v) is 6.82. The van der Waals surface area contributed by atoms with Crippen molar-refractivity contribution in [3.63, 3.8) is 0 Å². The SMILES string of the molecule is O=C1C2=C(OC3CCCCC13)C(=O)N(CCN1CCOCC1)C2c1ccccc1F. The van der Waals surface area contributed by atoms with Gasteiger partial charge in [0.25, 0.3) is 5.91 Å². The standard InChI is InChI=1S/C23H27FN2O4/c24-17-7-3-1-5-15(17)20-19-21(27)16-6-2-4-8-18(16)30-22(19)23(28)26(20)10-9-25-11-13-29-14-12-25/h1,3,5,7,16,18,20H,2,4,6,8-14H2. The van der Waals surface area contributed by atoms with E-state index in [0.29, 0.717) is 37.4 Å². The van der Waals surface area contributed by atoms with Crippen LogP contribution in [0.3, 0.4) is 0 Å². The van der Waals surface area contributed by atoms with Crippen molar-refractivity contribution in [2.24, 2.45) is 5.92 Å². The summed E-state index contributed by atoms with van der Waals surface area (Å²) in [5.74, 6) is -0.795. The zero-order valence-corrected chi connectivity index (χ0v) is 17.0. The Hall–Kier alpha value is -2.25. The number of hydrogen-bond donors (Lipinski definition) is 0. The van der Waals surface area contributed by atoms with Crippen LogP contribution in [0, 0.1) is 11.7 Å². The molecule has 1 aliphatic carbocycles. The molecule has 7 heteroatoms. The van der Waals surface area contributed by atoms with Gasteiger partial charge in [0.15, 0.2) is 11.5 Å². The van der Waals surface area contributed by atoms with Crippen LogP contribution in [-0.2, 0) is 19.1 Å². The molecule has 4 aliphatic rings. The number of nitrogens with zero attached hydrogens (tertiary/aromatic N) is 2. The molecule has 3 atom stereocenters. The predicted molar refractivity (Wildman–Crippen MR) is 107 cm³/mol. The minimum absolute atomic E-state index is 0.0311. The van der Waals surface area contributed by atoms with Crippen molar-refractivity contribution in [2.45, 2.75) is 37.8 Å². The molecule has 0 aromatic heterocycles. The Labute approximate surface area is 175 Å². The van der Waals surface area contributed by atoms with Gasteiger partial charge in [0.05, 0.1) is 30.7 Å². The maximum Gasteiger partial charge on any atom is 0.290 e. The molecular formula is C23H27FN2O4. The first-order valence-electron chi connectivity index (χ1n) is 11.0. The van der Waals surface area contributed by atoms with Crippen molar-refractivity contribution in [2.75, 3.05) is 39.4 Å². The number of rotatable bonds is 4. The number of Topliss-reactive ketones (excluding diaryl/α,β-unsaturated/α-hetero) is 1. The smallest absolute Gasteiger partial charge is 0.290 e. The maximum absolute atomic E-state index is 14.8. The van der Waals surface area contributed by atoms with Gasteiger partial charge in [-0.1, -0.05) is 24.6 Å². The normalized spacial score (nSPS) is 29.6. The van der Waals surface area contributed by atoms with Gasteiger partial charge in [-0.05, 0) is 25.3 Å². The zero-order chi connectivity index (χ0) is 20.7. The lowest BCUT2D eigenvalue weighted by molar-refractivity contribution is -0.135. The number of hydrogen-bond acceptors (Lipinski definition) is 5. The molecule has 1 aromatic rings. The van der Waals surface area contributed by atoms with Crippen LogP contribution in [0.2, 0.25) is 0 Å². The highest BCUT2D eigenvalue weighted by atomic mass is 19.1. The quantitative estimate of drug-likeness (QED) is 0.758. The third kappa shape index (κ3) is 3.34. The van der Waals surface area contributed by atoms with E-state index >= 15 is 0 Å². The number of ketones is 1. The number of benzene rings is 1. The van der Waals surface area contributed by atoms with E-state index < -0.39 is 11.9 Å². The number of morpholine rings is 1. The van der Waals surface area contributed by atoms with Crippen LogP contribution in [0.25, 0.3) is 0 Å². The summed E-state index contributed by atoms with van der Waals surface area (Å²) in [6, 6.07) is 5.71. The summed E-state index contributed by atoms with van der Waals surface area (Å²) in [4.78, 5) is 30.7. The summed E-state index contributed by atoms with van der Waals surface area (Å²) in [5, 5.41) is 0. The fourth-order valence-corrected chi connectivity index (χ4v) is 5.22. The number of halogens is 1. The number of carbonyl (C=O) groups excluding carboxylic acids is 2. The Balaban J connectivity index is 1.49. The van der Waals surface area contributed by atoms with Gasteiger partial charge in [-0.15, -0.1) is 0 Å². The maximum atomic E-state index is 14.8. The van der Waals surface area contributed by atoms with E-state index in [1.807, 2.05) is 0 Å². The minimum atomic E-state index is -0.717. The Morgan fingerprint density at radius 2 is 1.80 bits per heavy atom. The summed E-state index contributed by atoms with van der Waals surface area (Å²) in [5.41, 5.74) is 0.722. The molecule has 1 aromatic carbocycles. The first-order chi connectivity index (χ1) is 14.6. The number of ether oxygens (including phenoxy) is 2. The summed E-state index contributed by atoms with van der Waals surface area (Å²) in [6.07, 6.45) is 3.32. The number of amides is 1. The molecule has 0 N–H and O–H groups in total. The van der Waals surface area contributed by atoms with Crippen LogP contribution in [0.1, 0.15) is 37.3 Å². The molecule has 5 rings (SSSR count). The molecule has 0 bridgehead atoms. The Kier molecular flexibility index (Phi) is 5.33. The largest absolute Gasteiger partial charge is 0.483 e. The molecule has 160 valence electrons. The second-order valence-corrected chi connectivity index (χ2v) is 8.53. The fourth-order valence-electron chi connectivity index (χ4n) is 5.22. The van der Waals surface area contributed by atoms with E-state index in [-0.39, 0.29) is 29.5 Å². The van der Waals surface area contributed by atoms with Gasteiger partial charge in [0, 0.05) is 31.7 Å². The summed E-state index contributed by atoms with van der Waals surface area (Å²) < 4.78 is 26.3. The zero-order valence-electron chi connectivity index (χ0n) is 17.0. The second-order valence-electron chi connectivity index (χ2n) is 8.53. The molecule has 0 spiro atoms. The molecule has 6 nitrogen and oxygen atoms in total. The van der Waals surface area contributed by atoms with Crippen molar-refractivity contribution in [1.82, 2.24) is 9.80 Å². The molecule has 3 aliphatic heterocycles. The lowest BCUT2D eigenvalue weighted by atomic mass is 9.77. The van der Waals surface area contributed by atoms with Gasteiger partial charge in [-0.25, -0.2) is 4.39 Å². The highest BCUT2D eigenvalue weighted by molar-refractivity contribution is 6.11. The van der Waals surface area contributed by atoms with E-state index in [4.69, 9.17) is 9.47 Å². The monoisotopic (exact) mass is 414 g/mol. The summed E-state index contributed by atoms with van der Waals surface area (Å²) in [6.45, 7) is 4.02. The van der Waals surface area contributed by atoms with Crippen LogP contribution in [0.4, 0.5) is 4.39 Å². The van der Waals surface area contributed by atoms with Crippen molar-refractivity contribution >= 4 is 11.7 Å². The highest BCUT2D eigenvalue weighted by Gasteiger charge is 2.52. The lowest BCUT2D eigenvalue weighted by Gasteiger charge is -2.35. The fraction of sp³-hybridized carbons (Fsp3) is 0.565. The van der Waals surface area contributed by atoms with Gasteiger partial charge in [0.2, 0.25) is 0 Å². The average molecular weight is 414 g/mol. The molecule has 0 radical (unpaired) electrons. The summed E-state index contributed by atoms with van der Waals surface area (Å²) in [7, 11) is 0. The molecule has 1 amide bonds.